The van der Waals surface area contributed by atoms with Crippen molar-refractivity contribution in [2.45, 2.75) is 26.3 Å². The number of hydrogen-bond acceptors (Lipinski definition) is 4. The van der Waals surface area contributed by atoms with Crippen molar-refractivity contribution >= 4 is 11.5 Å². The van der Waals surface area contributed by atoms with E-state index in [2.05, 4.69) is 36.3 Å². The Labute approximate surface area is 122 Å². The summed E-state index contributed by atoms with van der Waals surface area (Å²) in [4.78, 5) is 25.4. The number of aromatic amines is 1. The molecule has 0 spiro atoms. The number of rotatable bonds is 4. The minimum atomic E-state index is -0.524. The second-order valence-corrected chi connectivity index (χ2v) is 5.33. The zero-order valence-corrected chi connectivity index (χ0v) is 12.4. The number of benzene rings is 1. The van der Waals surface area contributed by atoms with Gasteiger partial charge in [0, 0.05) is 13.6 Å². The van der Waals surface area contributed by atoms with Crippen LogP contribution in [0, 0.1) is 0 Å². The zero-order chi connectivity index (χ0) is 15.6. The van der Waals surface area contributed by atoms with Crippen LogP contribution in [0.1, 0.15) is 30.9 Å². The first-order valence-electron chi connectivity index (χ1n) is 6.81. The summed E-state index contributed by atoms with van der Waals surface area (Å²) < 4.78 is 1.20. The molecule has 0 aliphatic carbocycles. The van der Waals surface area contributed by atoms with Gasteiger partial charge in [-0.15, -0.1) is 0 Å². The van der Waals surface area contributed by atoms with Crippen LogP contribution in [-0.4, -0.2) is 9.55 Å². The molecule has 0 bridgehead atoms. The van der Waals surface area contributed by atoms with Gasteiger partial charge in [-0.2, -0.15) is 0 Å². The molecule has 0 saturated carbocycles. The predicted molar refractivity (Wildman–Crippen MR) is 84.6 cm³/mol. The average molecular weight is 288 g/mol. The fourth-order valence-electron chi connectivity index (χ4n) is 2.02. The third-order valence-corrected chi connectivity index (χ3v) is 3.49. The van der Waals surface area contributed by atoms with Crippen LogP contribution in [0.2, 0.25) is 0 Å². The van der Waals surface area contributed by atoms with E-state index in [9.17, 15) is 9.59 Å². The first-order valence-corrected chi connectivity index (χ1v) is 6.81. The van der Waals surface area contributed by atoms with Crippen molar-refractivity contribution in [3.8, 4) is 0 Å². The first-order chi connectivity index (χ1) is 9.90. The molecule has 0 aliphatic heterocycles. The number of anilines is 2. The molecule has 6 heteroatoms. The van der Waals surface area contributed by atoms with Crippen LogP contribution in [0.15, 0.2) is 33.9 Å². The average Bonchev–Trinajstić information content (AvgIpc) is 2.45. The number of nitrogens with two attached hydrogens (primary N) is 1. The van der Waals surface area contributed by atoms with Crippen LogP contribution in [0.4, 0.5) is 11.5 Å². The van der Waals surface area contributed by atoms with Crippen molar-refractivity contribution in [2.75, 3.05) is 11.1 Å². The normalized spacial score (nSPS) is 10.9. The lowest BCUT2D eigenvalue weighted by atomic mass is 10.0. The molecule has 0 amide bonds. The third-order valence-electron chi connectivity index (χ3n) is 3.49. The maximum absolute atomic E-state index is 11.8. The molecule has 4 N–H and O–H groups in total. The van der Waals surface area contributed by atoms with Gasteiger partial charge in [0.15, 0.2) is 0 Å². The van der Waals surface area contributed by atoms with Crippen molar-refractivity contribution in [3.63, 3.8) is 0 Å². The molecule has 2 aromatic rings. The summed E-state index contributed by atoms with van der Waals surface area (Å²) in [6, 6.07) is 8.15. The molecule has 1 aromatic heterocycles. The monoisotopic (exact) mass is 288 g/mol. The van der Waals surface area contributed by atoms with E-state index in [1.54, 1.807) is 0 Å². The van der Waals surface area contributed by atoms with Gasteiger partial charge in [0.25, 0.3) is 5.56 Å². The maximum atomic E-state index is 11.8. The molecule has 1 aromatic carbocycles. The van der Waals surface area contributed by atoms with Crippen molar-refractivity contribution in [3.05, 3.63) is 56.2 Å². The molecule has 112 valence electrons. The van der Waals surface area contributed by atoms with E-state index in [-0.39, 0.29) is 11.5 Å². The van der Waals surface area contributed by atoms with Gasteiger partial charge in [-0.1, -0.05) is 38.1 Å². The topological polar surface area (TPSA) is 92.9 Å². The Morgan fingerprint density at radius 1 is 1.24 bits per heavy atom. The maximum Gasteiger partial charge on any atom is 0.329 e. The summed E-state index contributed by atoms with van der Waals surface area (Å²) in [7, 11) is 1.51. The van der Waals surface area contributed by atoms with Gasteiger partial charge in [-0.3, -0.25) is 14.3 Å². The molecule has 2 rings (SSSR count). The molecule has 6 nitrogen and oxygen atoms in total. The highest BCUT2D eigenvalue weighted by atomic mass is 16.2. The van der Waals surface area contributed by atoms with Crippen molar-refractivity contribution in [1.82, 2.24) is 9.55 Å². The summed E-state index contributed by atoms with van der Waals surface area (Å²) in [5, 5.41) is 2.99. The molecule has 0 saturated heterocycles. The van der Waals surface area contributed by atoms with Crippen LogP contribution in [0.3, 0.4) is 0 Å². The summed E-state index contributed by atoms with van der Waals surface area (Å²) >= 11 is 0. The molecule has 21 heavy (non-hydrogen) atoms. The highest BCUT2D eigenvalue weighted by molar-refractivity contribution is 5.60. The molecule has 0 unspecified atom stereocenters. The second-order valence-electron chi connectivity index (χ2n) is 5.33. The van der Waals surface area contributed by atoms with Gasteiger partial charge in [-0.05, 0) is 17.0 Å². The highest BCUT2D eigenvalue weighted by Gasteiger charge is 2.09. The van der Waals surface area contributed by atoms with Crippen LogP contribution in [0.25, 0.3) is 0 Å². The van der Waals surface area contributed by atoms with E-state index in [0.717, 1.165) is 5.56 Å². The van der Waals surface area contributed by atoms with E-state index in [0.29, 0.717) is 12.5 Å². The van der Waals surface area contributed by atoms with Gasteiger partial charge >= 0.3 is 5.69 Å². The predicted octanol–water partition coefficient (Wildman–Crippen LogP) is 1.39. The fraction of sp³-hybridized carbons (Fsp3) is 0.333. The van der Waals surface area contributed by atoms with Crippen LogP contribution in [-0.2, 0) is 13.6 Å². The van der Waals surface area contributed by atoms with Gasteiger partial charge in [0.2, 0.25) is 0 Å². The van der Waals surface area contributed by atoms with Gasteiger partial charge < -0.3 is 11.1 Å². The van der Waals surface area contributed by atoms with Crippen molar-refractivity contribution in [1.29, 1.82) is 0 Å². The first kappa shape index (κ1) is 14.9. The number of hydrogen-bond donors (Lipinski definition) is 3. The van der Waals surface area contributed by atoms with Crippen LogP contribution < -0.4 is 22.3 Å². The molecule has 0 radical (unpaired) electrons. The lowest BCUT2D eigenvalue weighted by Crippen LogP contribution is -2.32. The van der Waals surface area contributed by atoms with E-state index < -0.39 is 11.2 Å². The number of nitrogens with zero attached hydrogens (tertiary/aromatic N) is 1. The SMILES string of the molecule is CC(C)c1ccc(CNc2c(N)n(C)c(=O)[nH]c2=O)cc1. The number of H-pyrrole nitrogens is 1. The van der Waals surface area contributed by atoms with Crippen molar-refractivity contribution in [2.24, 2.45) is 7.05 Å². The molecule has 0 fully saturated rings. The standard InChI is InChI=1S/C15H20N4O2/c1-9(2)11-6-4-10(5-7-11)8-17-12-13(16)19(3)15(21)18-14(12)20/h4-7,9,17H,8,16H2,1-3H3,(H,18,20,21). The molecule has 1 heterocycles. The summed E-state index contributed by atoms with van der Waals surface area (Å²) in [5.41, 5.74) is 7.27. The van der Waals surface area contributed by atoms with E-state index in [1.807, 2.05) is 12.1 Å². The van der Waals surface area contributed by atoms with Crippen molar-refractivity contribution < 1.29 is 0 Å². The Balaban J connectivity index is 2.19. The molecule has 0 atom stereocenters. The van der Waals surface area contributed by atoms with Gasteiger partial charge in [0.1, 0.15) is 11.5 Å². The van der Waals surface area contributed by atoms with E-state index in [1.165, 1.54) is 17.2 Å². The molecular formula is C15H20N4O2. The van der Waals surface area contributed by atoms with Gasteiger partial charge in [0.05, 0.1) is 0 Å². The second kappa shape index (κ2) is 5.87. The zero-order valence-electron chi connectivity index (χ0n) is 12.4. The fourth-order valence-corrected chi connectivity index (χ4v) is 2.02. The summed E-state index contributed by atoms with van der Waals surface area (Å²) in [5.74, 6) is 0.608. The minimum absolute atomic E-state index is 0.127. The van der Waals surface area contributed by atoms with Crippen LogP contribution in [0.5, 0.6) is 0 Å². The lowest BCUT2D eigenvalue weighted by molar-refractivity contribution is 0.812. The summed E-state index contributed by atoms with van der Waals surface area (Å²) in [6.07, 6.45) is 0. The van der Waals surface area contributed by atoms with Crippen LogP contribution >= 0.6 is 0 Å². The third kappa shape index (κ3) is 3.16. The van der Waals surface area contributed by atoms with Gasteiger partial charge in [-0.25, -0.2) is 4.79 Å². The molecular weight excluding hydrogens is 268 g/mol. The summed E-state index contributed by atoms with van der Waals surface area (Å²) in [6.45, 7) is 4.74. The Hall–Kier alpha value is -2.50. The smallest absolute Gasteiger partial charge is 0.329 e. The molecule has 0 aliphatic rings. The largest absolute Gasteiger partial charge is 0.383 e. The Kier molecular flexibility index (Phi) is 4.16. The number of aromatic nitrogens is 2. The Morgan fingerprint density at radius 2 is 1.86 bits per heavy atom. The number of nitrogen functional groups attached to an aromatic ring is 1. The Bertz CT molecular complexity index is 742. The number of nitrogens with one attached hydrogen (secondary N) is 2. The van der Waals surface area contributed by atoms with E-state index in [4.69, 9.17) is 5.73 Å². The minimum Gasteiger partial charge on any atom is -0.383 e. The Morgan fingerprint density at radius 3 is 2.43 bits per heavy atom. The lowest BCUT2D eigenvalue weighted by Gasteiger charge is -2.11. The quantitative estimate of drug-likeness (QED) is 0.792. The van der Waals surface area contributed by atoms with E-state index >= 15 is 0 Å². The highest BCUT2D eigenvalue weighted by Crippen LogP contribution is 2.16.